The summed E-state index contributed by atoms with van der Waals surface area (Å²) in [5.74, 6) is -10.2. The highest BCUT2D eigenvalue weighted by Gasteiger charge is 2.24. The molecule has 94 valence electrons. The van der Waals surface area contributed by atoms with Gasteiger partial charge in [-0.15, -0.1) is 10.2 Å². The fourth-order valence-electron chi connectivity index (χ4n) is 1.11. The molecule has 1 aromatic heterocycles. The molecule has 0 fully saturated rings. The molecule has 9 heteroatoms. The second-order valence-electron chi connectivity index (χ2n) is 3.07. The van der Waals surface area contributed by atoms with Crippen molar-refractivity contribution in [2.45, 2.75) is 0 Å². The molecule has 2 aromatic rings. The molecule has 0 bridgehead atoms. The lowest BCUT2D eigenvalue weighted by Crippen LogP contribution is -2.07. The molecular weight excluding hydrogens is 259 g/mol. The molecule has 1 aromatic carbocycles. The second kappa shape index (κ2) is 4.51. The van der Waals surface area contributed by atoms with E-state index in [-0.39, 0.29) is 0 Å². The van der Waals surface area contributed by atoms with Crippen LogP contribution in [0.25, 0.3) is 0 Å². The average molecular weight is 262 g/mol. The van der Waals surface area contributed by atoms with Crippen LogP contribution in [0.5, 0.6) is 0 Å². The summed E-state index contributed by atoms with van der Waals surface area (Å²) in [6, 6.07) is 0. The molecule has 0 saturated heterocycles. The Labute approximate surface area is 96.4 Å². The molecule has 0 saturated carbocycles. The van der Waals surface area contributed by atoms with Crippen LogP contribution >= 0.6 is 0 Å². The van der Waals surface area contributed by atoms with Gasteiger partial charge in [-0.2, -0.15) is 5.10 Å². The van der Waals surface area contributed by atoms with Gasteiger partial charge in [0.2, 0.25) is 5.82 Å². The summed E-state index contributed by atoms with van der Waals surface area (Å²) in [7, 11) is 0. The fraction of sp³-hybridized carbons (Fsp3) is 0. The summed E-state index contributed by atoms with van der Waals surface area (Å²) in [5.41, 5.74) is -1.14. The Morgan fingerprint density at radius 2 is 1.28 bits per heavy atom. The normalized spacial score (nSPS) is 11.4. The minimum Gasteiger partial charge on any atom is -0.208 e. The lowest BCUT2D eigenvalue weighted by molar-refractivity contribution is 0.377. The summed E-state index contributed by atoms with van der Waals surface area (Å²) in [6.07, 6.45) is 2.63. The number of halogens is 5. The van der Waals surface area contributed by atoms with Crippen LogP contribution in [0.2, 0.25) is 0 Å². The second-order valence-corrected chi connectivity index (χ2v) is 3.07. The minimum atomic E-state index is -2.22. The van der Waals surface area contributed by atoms with Gasteiger partial charge in [0.05, 0.1) is 11.8 Å². The van der Waals surface area contributed by atoms with Crippen LogP contribution in [0, 0.1) is 29.1 Å². The largest absolute Gasteiger partial charge is 0.208 e. The number of benzene rings is 1. The smallest absolute Gasteiger partial charge is 0.200 e. The van der Waals surface area contributed by atoms with Gasteiger partial charge in [0.1, 0.15) is 12.7 Å². The van der Waals surface area contributed by atoms with Gasteiger partial charge in [-0.3, -0.25) is 0 Å². The first-order valence-electron chi connectivity index (χ1n) is 4.42. The third-order valence-electron chi connectivity index (χ3n) is 1.97. The number of rotatable bonds is 2. The third-order valence-corrected chi connectivity index (χ3v) is 1.97. The number of nitrogens with zero attached hydrogens (tertiary/aromatic N) is 4. The van der Waals surface area contributed by atoms with Crippen molar-refractivity contribution in [3.05, 3.63) is 47.3 Å². The highest BCUT2D eigenvalue weighted by Crippen LogP contribution is 2.21. The van der Waals surface area contributed by atoms with Crippen LogP contribution in [0.15, 0.2) is 17.8 Å². The van der Waals surface area contributed by atoms with Crippen LogP contribution in [-0.4, -0.2) is 21.1 Å². The third kappa shape index (κ3) is 1.94. The zero-order valence-electron chi connectivity index (χ0n) is 8.41. The maximum atomic E-state index is 13.2. The minimum absolute atomic E-state index is 0.486. The predicted molar refractivity (Wildman–Crippen MR) is 49.2 cm³/mol. The summed E-state index contributed by atoms with van der Waals surface area (Å²) < 4.78 is 65.6. The Bertz CT molecular complexity index is 579. The van der Waals surface area contributed by atoms with E-state index < -0.39 is 34.6 Å². The highest BCUT2D eigenvalue weighted by molar-refractivity contribution is 5.80. The fourth-order valence-corrected chi connectivity index (χ4v) is 1.11. The number of hydrogen-bond acceptors (Lipinski definition) is 3. The van der Waals surface area contributed by atoms with Gasteiger partial charge in [0.25, 0.3) is 0 Å². The molecule has 18 heavy (non-hydrogen) atoms. The standard InChI is InChI=1S/C9H3F5N4/c10-5-4(1-17-18-2-15-16-3-18)6(11)8(13)9(14)7(5)12/h1-3H. The van der Waals surface area contributed by atoms with Crippen LogP contribution in [0.3, 0.4) is 0 Å². The molecule has 0 N–H and O–H groups in total. The zero-order valence-corrected chi connectivity index (χ0v) is 8.41. The van der Waals surface area contributed by atoms with E-state index in [2.05, 4.69) is 15.3 Å². The van der Waals surface area contributed by atoms with Crippen molar-refractivity contribution in [3.8, 4) is 0 Å². The van der Waals surface area contributed by atoms with Gasteiger partial charge in [-0.1, -0.05) is 0 Å². The summed E-state index contributed by atoms with van der Waals surface area (Å²) in [4.78, 5) is 0. The molecule has 0 aliphatic rings. The molecule has 4 nitrogen and oxygen atoms in total. The van der Waals surface area contributed by atoms with E-state index in [9.17, 15) is 22.0 Å². The van der Waals surface area contributed by atoms with Gasteiger partial charge in [-0.25, -0.2) is 26.6 Å². The molecule has 1 heterocycles. The van der Waals surface area contributed by atoms with E-state index in [1.807, 2.05) is 0 Å². The number of hydrogen-bond donors (Lipinski definition) is 0. The molecule has 0 amide bonds. The lowest BCUT2D eigenvalue weighted by Gasteiger charge is -2.03. The first kappa shape index (κ1) is 12.1. The molecule has 0 radical (unpaired) electrons. The monoisotopic (exact) mass is 262 g/mol. The first-order valence-corrected chi connectivity index (χ1v) is 4.42. The summed E-state index contributed by atoms with van der Waals surface area (Å²) in [6.45, 7) is 0. The van der Waals surface area contributed by atoms with Crippen molar-refractivity contribution in [2.75, 3.05) is 0 Å². The van der Waals surface area contributed by atoms with Crippen LogP contribution < -0.4 is 0 Å². The van der Waals surface area contributed by atoms with Crippen LogP contribution in [0.4, 0.5) is 22.0 Å². The van der Waals surface area contributed by atoms with Crippen molar-refractivity contribution in [3.63, 3.8) is 0 Å². The maximum Gasteiger partial charge on any atom is 0.200 e. The molecule has 0 aliphatic carbocycles. The average Bonchev–Trinajstić information content (AvgIpc) is 2.87. The SMILES string of the molecule is Fc1c(F)c(F)c(C=Nn2cnnc2)c(F)c1F. The van der Waals surface area contributed by atoms with Crippen LogP contribution in [-0.2, 0) is 0 Å². The Kier molecular flexibility index (Phi) is 3.04. The van der Waals surface area contributed by atoms with E-state index >= 15 is 0 Å². The van der Waals surface area contributed by atoms with Crippen molar-refractivity contribution >= 4 is 6.21 Å². The highest BCUT2D eigenvalue weighted by atomic mass is 19.2. The molecule has 0 atom stereocenters. The van der Waals surface area contributed by atoms with Gasteiger partial charge in [-0.05, 0) is 0 Å². The van der Waals surface area contributed by atoms with E-state index in [0.717, 1.165) is 17.3 Å². The molecule has 0 aliphatic heterocycles. The molecule has 0 unspecified atom stereocenters. The summed E-state index contributed by atoms with van der Waals surface area (Å²) in [5, 5.41) is 10.1. The van der Waals surface area contributed by atoms with E-state index in [4.69, 9.17) is 0 Å². The molecular formula is C9H3F5N4. The first-order chi connectivity index (χ1) is 8.52. The summed E-state index contributed by atoms with van der Waals surface area (Å²) >= 11 is 0. The maximum absolute atomic E-state index is 13.2. The Morgan fingerprint density at radius 3 is 1.78 bits per heavy atom. The Balaban J connectivity index is 2.52. The van der Waals surface area contributed by atoms with Crippen LogP contribution in [0.1, 0.15) is 5.56 Å². The van der Waals surface area contributed by atoms with Crippen molar-refractivity contribution in [1.82, 2.24) is 14.9 Å². The zero-order chi connectivity index (χ0) is 13.3. The van der Waals surface area contributed by atoms with Crippen molar-refractivity contribution in [2.24, 2.45) is 5.10 Å². The number of aromatic nitrogens is 3. The van der Waals surface area contributed by atoms with Crippen molar-refractivity contribution < 1.29 is 22.0 Å². The topological polar surface area (TPSA) is 43.1 Å². The molecule has 0 spiro atoms. The van der Waals surface area contributed by atoms with Gasteiger partial charge >= 0.3 is 0 Å². The van der Waals surface area contributed by atoms with E-state index in [0.29, 0.717) is 6.21 Å². The predicted octanol–water partition coefficient (Wildman–Crippen LogP) is 1.86. The molecule has 2 rings (SSSR count). The van der Waals surface area contributed by atoms with Gasteiger partial charge in [0, 0.05) is 0 Å². The Morgan fingerprint density at radius 1 is 0.833 bits per heavy atom. The van der Waals surface area contributed by atoms with Crippen molar-refractivity contribution in [1.29, 1.82) is 0 Å². The van der Waals surface area contributed by atoms with E-state index in [1.165, 1.54) is 0 Å². The Hall–Kier alpha value is -2.32. The quantitative estimate of drug-likeness (QED) is 0.359. The van der Waals surface area contributed by atoms with Gasteiger partial charge in [0.15, 0.2) is 23.3 Å². The van der Waals surface area contributed by atoms with E-state index in [1.54, 1.807) is 0 Å². The lowest BCUT2D eigenvalue weighted by atomic mass is 10.2. The van der Waals surface area contributed by atoms with Gasteiger partial charge < -0.3 is 0 Å².